The lowest BCUT2D eigenvalue weighted by Gasteiger charge is -2.12. The summed E-state index contributed by atoms with van der Waals surface area (Å²) in [5, 5.41) is 8.88. The molecule has 0 saturated heterocycles. The minimum absolute atomic E-state index is 0.196. The maximum Gasteiger partial charge on any atom is 0.420 e. The number of ketones is 1. The number of halogens is 5. The lowest BCUT2D eigenvalue weighted by molar-refractivity contribution is -0.138. The third kappa shape index (κ3) is 2.68. The minimum atomic E-state index is -4.75. The molecule has 1 N–H and O–H groups in total. The quantitative estimate of drug-likeness (QED) is 0.668. The average molecular weight is 317 g/mol. The fourth-order valence-electron chi connectivity index (χ4n) is 1.10. The van der Waals surface area contributed by atoms with Gasteiger partial charge in [-0.05, 0) is 12.1 Å². The Balaban J connectivity index is 3.44. The Hall–Kier alpha value is -0.750. The Labute approximate surface area is 102 Å². The van der Waals surface area contributed by atoms with Crippen LogP contribution in [0.2, 0.25) is 5.02 Å². The minimum Gasteiger partial charge on any atom is -0.507 e. The van der Waals surface area contributed by atoms with E-state index in [9.17, 15) is 23.1 Å². The average Bonchev–Trinajstić information content (AvgIpc) is 2.18. The van der Waals surface area contributed by atoms with E-state index in [2.05, 4.69) is 15.9 Å². The zero-order valence-electron chi connectivity index (χ0n) is 7.61. The van der Waals surface area contributed by atoms with Crippen molar-refractivity contribution >= 4 is 33.3 Å². The van der Waals surface area contributed by atoms with Crippen molar-refractivity contribution in [1.29, 1.82) is 0 Å². The number of carbonyl (C=O) groups is 1. The Bertz CT molecular complexity index is 431. The summed E-state index contributed by atoms with van der Waals surface area (Å²) >= 11 is 8.25. The molecule has 7 heteroatoms. The van der Waals surface area contributed by atoms with Crippen molar-refractivity contribution in [2.45, 2.75) is 6.18 Å². The molecule has 0 unspecified atom stereocenters. The van der Waals surface area contributed by atoms with Gasteiger partial charge in [-0.1, -0.05) is 27.5 Å². The maximum absolute atomic E-state index is 12.4. The second-order valence-corrected chi connectivity index (χ2v) is 3.90. The standard InChI is InChI=1S/C9H5BrClF3O2/c10-3-7(15)5-1-4(11)2-6(8(5)16)9(12,13)14/h1-2,16H,3H2. The monoisotopic (exact) mass is 316 g/mol. The summed E-state index contributed by atoms with van der Waals surface area (Å²) in [5.74, 6) is -1.77. The number of rotatable bonds is 2. The molecule has 0 aliphatic carbocycles. The number of phenolic OH excluding ortho intramolecular Hbond substituents is 1. The van der Waals surface area contributed by atoms with Crippen LogP contribution in [-0.4, -0.2) is 16.2 Å². The molecule has 0 bridgehead atoms. The lowest BCUT2D eigenvalue weighted by Crippen LogP contribution is -2.09. The van der Waals surface area contributed by atoms with Crippen LogP contribution in [0.25, 0.3) is 0 Å². The Kier molecular flexibility index (Phi) is 3.85. The van der Waals surface area contributed by atoms with E-state index in [0.717, 1.165) is 6.07 Å². The van der Waals surface area contributed by atoms with Gasteiger partial charge in [0.25, 0.3) is 0 Å². The topological polar surface area (TPSA) is 37.3 Å². The number of alkyl halides is 4. The molecule has 0 radical (unpaired) electrons. The van der Waals surface area contributed by atoms with Crippen LogP contribution in [0.1, 0.15) is 15.9 Å². The van der Waals surface area contributed by atoms with Crippen LogP contribution in [0.5, 0.6) is 5.75 Å². The van der Waals surface area contributed by atoms with Crippen LogP contribution in [0.15, 0.2) is 12.1 Å². The van der Waals surface area contributed by atoms with Gasteiger partial charge in [0, 0.05) is 5.02 Å². The van der Waals surface area contributed by atoms with E-state index in [-0.39, 0.29) is 10.4 Å². The molecule has 1 rings (SSSR count). The van der Waals surface area contributed by atoms with E-state index < -0.39 is 28.8 Å². The zero-order chi connectivity index (χ0) is 12.5. The van der Waals surface area contributed by atoms with E-state index in [4.69, 9.17) is 11.6 Å². The third-order valence-electron chi connectivity index (χ3n) is 1.80. The van der Waals surface area contributed by atoms with Crippen molar-refractivity contribution in [3.05, 3.63) is 28.3 Å². The molecule has 0 saturated carbocycles. The summed E-state index contributed by atoms with van der Waals surface area (Å²) in [4.78, 5) is 11.2. The SMILES string of the molecule is O=C(CBr)c1cc(Cl)cc(C(F)(F)F)c1O. The van der Waals surface area contributed by atoms with Crippen molar-refractivity contribution in [1.82, 2.24) is 0 Å². The van der Waals surface area contributed by atoms with Crippen molar-refractivity contribution < 1.29 is 23.1 Å². The van der Waals surface area contributed by atoms with E-state index in [0.29, 0.717) is 6.07 Å². The Morgan fingerprint density at radius 3 is 2.44 bits per heavy atom. The molecular weight excluding hydrogens is 312 g/mol. The molecule has 0 fully saturated rings. The number of hydrogen-bond donors (Lipinski definition) is 1. The fraction of sp³-hybridized carbons (Fsp3) is 0.222. The summed E-state index contributed by atoms with van der Waals surface area (Å²) in [7, 11) is 0. The molecule has 0 amide bonds. The molecule has 0 aliphatic rings. The van der Waals surface area contributed by atoms with Crippen LogP contribution < -0.4 is 0 Å². The Morgan fingerprint density at radius 2 is 2.00 bits per heavy atom. The molecule has 0 spiro atoms. The molecule has 0 heterocycles. The van der Waals surface area contributed by atoms with Crippen molar-refractivity contribution in [2.24, 2.45) is 0 Å². The van der Waals surface area contributed by atoms with Gasteiger partial charge in [-0.25, -0.2) is 0 Å². The van der Waals surface area contributed by atoms with Gasteiger partial charge < -0.3 is 5.11 Å². The number of phenols is 1. The Morgan fingerprint density at radius 1 is 1.44 bits per heavy atom. The van der Waals surface area contributed by atoms with Gasteiger partial charge in [0.1, 0.15) is 5.75 Å². The van der Waals surface area contributed by atoms with Gasteiger partial charge in [-0.3, -0.25) is 4.79 Å². The first-order valence-electron chi connectivity index (χ1n) is 3.96. The first kappa shape index (κ1) is 13.3. The summed E-state index contributed by atoms with van der Waals surface area (Å²) in [5.41, 5.74) is -1.76. The van der Waals surface area contributed by atoms with E-state index >= 15 is 0 Å². The summed E-state index contributed by atoms with van der Waals surface area (Å²) in [6.45, 7) is 0. The number of hydrogen-bond acceptors (Lipinski definition) is 2. The molecular formula is C9H5BrClF3O2. The molecule has 1 aromatic carbocycles. The third-order valence-corrected chi connectivity index (χ3v) is 2.53. The molecule has 0 atom stereocenters. The smallest absolute Gasteiger partial charge is 0.420 e. The summed E-state index contributed by atoms with van der Waals surface area (Å²) in [6, 6.07) is 1.57. The second-order valence-electron chi connectivity index (χ2n) is 2.90. The number of benzene rings is 1. The highest BCUT2D eigenvalue weighted by Gasteiger charge is 2.36. The summed E-state index contributed by atoms with van der Waals surface area (Å²) < 4.78 is 37.3. The number of aromatic hydroxyl groups is 1. The highest BCUT2D eigenvalue weighted by molar-refractivity contribution is 9.09. The van der Waals surface area contributed by atoms with Crippen LogP contribution in [0, 0.1) is 0 Å². The fourth-order valence-corrected chi connectivity index (χ4v) is 1.62. The number of carbonyl (C=O) groups excluding carboxylic acids is 1. The van der Waals surface area contributed by atoms with Gasteiger partial charge in [0.15, 0.2) is 5.78 Å². The van der Waals surface area contributed by atoms with Crippen LogP contribution >= 0.6 is 27.5 Å². The molecule has 16 heavy (non-hydrogen) atoms. The van der Waals surface area contributed by atoms with Crippen molar-refractivity contribution in [3.8, 4) is 5.75 Å². The predicted octanol–water partition coefficient (Wildman–Crippen LogP) is 3.64. The highest BCUT2D eigenvalue weighted by atomic mass is 79.9. The van der Waals surface area contributed by atoms with Gasteiger partial charge in [-0.15, -0.1) is 0 Å². The van der Waals surface area contributed by atoms with Crippen molar-refractivity contribution in [2.75, 3.05) is 5.33 Å². The first-order valence-corrected chi connectivity index (χ1v) is 5.46. The molecule has 2 nitrogen and oxygen atoms in total. The molecule has 1 aromatic rings. The largest absolute Gasteiger partial charge is 0.507 e. The normalized spacial score (nSPS) is 11.6. The lowest BCUT2D eigenvalue weighted by atomic mass is 10.1. The van der Waals surface area contributed by atoms with Crippen LogP contribution in [-0.2, 0) is 6.18 Å². The highest BCUT2D eigenvalue weighted by Crippen LogP contribution is 2.39. The number of Topliss-reactive ketones (excluding diaryl/α,β-unsaturated/α-hetero) is 1. The molecule has 0 aliphatic heterocycles. The predicted molar refractivity (Wildman–Crippen MR) is 56.2 cm³/mol. The first-order chi connectivity index (χ1) is 7.27. The summed E-state index contributed by atoms with van der Waals surface area (Å²) in [6.07, 6.45) is -4.75. The van der Waals surface area contributed by atoms with Crippen LogP contribution in [0.3, 0.4) is 0 Å². The van der Waals surface area contributed by atoms with Crippen LogP contribution in [0.4, 0.5) is 13.2 Å². The van der Waals surface area contributed by atoms with E-state index in [1.54, 1.807) is 0 Å². The van der Waals surface area contributed by atoms with Gasteiger partial charge in [0.05, 0.1) is 16.5 Å². The van der Waals surface area contributed by atoms with Gasteiger partial charge in [-0.2, -0.15) is 13.2 Å². The molecule has 88 valence electrons. The van der Waals surface area contributed by atoms with Gasteiger partial charge in [0.2, 0.25) is 0 Å². The van der Waals surface area contributed by atoms with E-state index in [1.807, 2.05) is 0 Å². The van der Waals surface area contributed by atoms with Crippen molar-refractivity contribution in [3.63, 3.8) is 0 Å². The second kappa shape index (κ2) is 4.63. The van der Waals surface area contributed by atoms with Gasteiger partial charge >= 0.3 is 6.18 Å². The maximum atomic E-state index is 12.4. The molecule has 0 aromatic heterocycles. The van der Waals surface area contributed by atoms with E-state index in [1.165, 1.54) is 0 Å². The zero-order valence-corrected chi connectivity index (χ0v) is 9.95.